The van der Waals surface area contributed by atoms with Crippen LogP contribution in [0.4, 0.5) is 9.18 Å². The van der Waals surface area contributed by atoms with Crippen molar-refractivity contribution in [3.05, 3.63) is 59.7 Å². The largest absolute Gasteiger partial charge is 0.468 e. The smallest absolute Gasteiger partial charge is 0.328 e. The third-order valence-corrected chi connectivity index (χ3v) is 4.05. The van der Waals surface area contributed by atoms with Gasteiger partial charge in [0.25, 0.3) is 23.8 Å². The van der Waals surface area contributed by atoms with Gasteiger partial charge in [-0.25, -0.2) is 4.79 Å². The van der Waals surface area contributed by atoms with E-state index >= 15 is 0 Å². The molecule has 0 spiro atoms. The molecule has 0 radical (unpaired) electrons. The Morgan fingerprint density at radius 1 is 0.889 bits per heavy atom. The number of barbiturate groups is 1. The summed E-state index contributed by atoms with van der Waals surface area (Å²) in [4.78, 5) is 35.0. The molecule has 1 saturated heterocycles. The van der Waals surface area contributed by atoms with Crippen molar-refractivity contribution in [2.45, 2.75) is 25.8 Å². The van der Waals surface area contributed by atoms with Crippen molar-refractivity contribution < 1.29 is 28.2 Å². The van der Waals surface area contributed by atoms with Crippen molar-refractivity contribution in [3.8, 4) is 11.5 Å². The van der Waals surface area contributed by atoms with Gasteiger partial charge in [-0.15, -0.1) is 0 Å². The summed E-state index contributed by atoms with van der Waals surface area (Å²) in [6.45, 7) is 3.14. The number of imide groups is 2. The molecule has 1 unspecified atom stereocenters. The SMILES string of the molecule is Cc1ccc(C(F)Oc2ccc(OC3(C)C(=O)NC(=O)NC3=O)cc2)cc1. The fourth-order valence-corrected chi connectivity index (χ4v) is 2.40. The molecule has 1 aliphatic heterocycles. The molecule has 3 rings (SSSR count). The van der Waals surface area contributed by atoms with E-state index in [1.165, 1.54) is 31.2 Å². The molecule has 0 aliphatic carbocycles. The Hall–Kier alpha value is -3.42. The van der Waals surface area contributed by atoms with E-state index < -0.39 is 29.8 Å². The van der Waals surface area contributed by atoms with Gasteiger partial charge in [0.15, 0.2) is 0 Å². The summed E-state index contributed by atoms with van der Waals surface area (Å²) in [6, 6.07) is 11.7. The summed E-state index contributed by atoms with van der Waals surface area (Å²) in [7, 11) is 0. The quantitative estimate of drug-likeness (QED) is 0.787. The van der Waals surface area contributed by atoms with Crippen LogP contribution in [-0.2, 0) is 9.59 Å². The summed E-state index contributed by atoms with van der Waals surface area (Å²) in [5.41, 5.74) is -0.507. The summed E-state index contributed by atoms with van der Waals surface area (Å²) < 4.78 is 24.9. The van der Waals surface area contributed by atoms with Crippen LogP contribution in [0.25, 0.3) is 0 Å². The van der Waals surface area contributed by atoms with Gasteiger partial charge in [-0.2, -0.15) is 4.39 Å². The van der Waals surface area contributed by atoms with Crippen LogP contribution in [0.15, 0.2) is 48.5 Å². The third kappa shape index (κ3) is 3.89. The number of amides is 4. The van der Waals surface area contributed by atoms with Gasteiger partial charge in [-0.3, -0.25) is 20.2 Å². The van der Waals surface area contributed by atoms with Crippen LogP contribution in [0.5, 0.6) is 11.5 Å². The molecular formula is C19H17FN2O5. The Labute approximate surface area is 154 Å². The summed E-state index contributed by atoms with van der Waals surface area (Å²) in [5.74, 6) is -1.33. The number of alkyl halides is 1. The number of halogens is 1. The molecule has 0 saturated carbocycles. The Balaban J connectivity index is 1.68. The van der Waals surface area contributed by atoms with Crippen molar-refractivity contribution in [1.82, 2.24) is 10.6 Å². The summed E-state index contributed by atoms with van der Waals surface area (Å²) >= 11 is 0. The number of rotatable bonds is 5. The number of nitrogens with one attached hydrogen (secondary N) is 2. The lowest BCUT2D eigenvalue weighted by molar-refractivity contribution is -0.149. The zero-order chi connectivity index (χ0) is 19.6. The maximum atomic E-state index is 14.2. The molecule has 4 amide bonds. The van der Waals surface area contributed by atoms with Crippen LogP contribution in [0.1, 0.15) is 24.4 Å². The van der Waals surface area contributed by atoms with Gasteiger partial charge in [0.1, 0.15) is 11.5 Å². The summed E-state index contributed by atoms with van der Waals surface area (Å²) in [6.07, 6.45) is -1.64. The van der Waals surface area contributed by atoms with Crippen LogP contribution in [0.2, 0.25) is 0 Å². The molecule has 2 aromatic carbocycles. The molecule has 2 N–H and O–H groups in total. The molecule has 1 fully saturated rings. The van der Waals surface area contributed by atoms with Crippen molar-refractivity contribution in [2.24, 2.45) is 0 Å². The van der Waals surface area contributed by atoms with E-state index in [1.807, 2.05) is 17.6 Å². The molecule has 1 aliphatic rings. The number of aryl methyl sites for hydroxylation is 1. The van der Waals surface area contributed by atoms with E-state index in [0.29, 0.717) is 5.56 Å². The van der Waals surface area contributed by atoms with Crippen molar-refractivity contribution in [1.29, 1.82) is 0 Å². The minimum atomic E-state index is -1.90. The standard InChI is InChI=1S/C19H17FN2O5/c1-11-3-5-12(6-4-11)15(20)26-13-7-9-14(10-8-13)27-19(2)16(23)21-18(25)22-17(19)24/h3-10,15H,1-2H3,(H2,21,22,23,24,25). The van der Waals surface area contributed by atoms with Crippen LogP contribution in [-0.4, -0.2) is 23.4 Å². The number of hydrogen-bond donors (Lipinski definition) is 2. The summed E-state index contributed by atoms with van der Waals surface area (Å²) in [5, 5.41) is 3.94. The molecule has 0 bridgehead atoms. The van der Waals surface area contributed by atoms with Crippen LogP contribution < -0.4 is 20.1 Å². The fourth-order valence-electron chi connectivity index (χ4n) is 2.40. The molecular weight excluding hydrogens is 355 g/mol. The van der Waals surface area contributed by atoms with Crippen LogP contribution >= 0.6 is 0 Å². The monoisotopic (exact) mass is 372 g/mol. The molecule has 2 aromatic rings. The van der Waals surface area contributed by atoms with Gasteiger partial charge in [0.05, 0.1) is 0 Å². The number of carbonyl (C=O) groups is 3. The maximum absolute atomic E-state index is 14.2. The molecule has 7 nitrogen and oxygen atoms in total. The van der Waals surface area contributed by atoms with Gasteiger partial charge in [-0.05, 0) is 38.1 Å². The zero-order valence-electron chi connectivity index (χ0n) is 14.6. The van der Waals surface area contributed by atoms with Gasteiger partial charge < -0.3 is 9.47 Å². The second kappa shape index (κ2) is 7.06. The lowest BCUT2D eigenvalue weighted by atomic mass is 10.0. The second-order valence-corrected chi connectivity index (χ2v) is 6.19. The Kier molecular flexibility index (Phi) is 4.81. The Morgan fingerprint density at radius 3 is 1.96 bits per heavy atom. The highest BCUT2D eigenvalue weighted by Gasteiger charge is 2.48. The number of urea groups is 1. The van der Waals surface area contributed by atoms with Crippen molar-refractivity contribution >= 4 is 17.8 Å². The highest BCUT2D eigenvalue weighted by Crippen LogP contribution is 2.27. The third-order valence-electron chi connectivity index (χ3n) is 4.05. The number of carbonyl (C=O) groups excluding carboxylic acids is 3. The second-order valence-electron chi connectivity index (χ2n) is 6.19. The van der Waals surface area contributed by atoms with Crippen LogP contribution in [0.3, 0.4) is 0 Å². The van der Waals surface area contributed by atoms with Gasteiger partial charge in [-0.1, -0.05) is 29.8 Å². The van der Waals surface area contributed by atoms with Gasteiger partial charge >= 0.3 is 6.03 Å². The topological polar surface area (TPSA) is 93.7 Å². The minimum absolute atomic E-state index is 0.176. The highest BCUT2D eigenvalue weighted by atomic mass is 19.1. The van der Waals surface area contributed by atoms with E-state index in [1.54, 1.807) is 24.3 Å². The van der Waals surface area contributed by atoms with Crippen LogP contribution in [0, 0.1) is 6.92 Å². The Bertz CT molecular complexity index is 860. The number of hydrogen-bond acceptors (Lipinski definition) is 5. The van der Waals surface area contributed by atoms with Gasteiger partial charge in [0, 0.05) is 5.56 Å². The first-order chi connectivity index (χ1) is 12.8. The zero-order valence-corrected chi connectivity index (χ0v) is 14.6. The number of ether oxygens (including phenoxy) is 2. The molecule has 140 valence electrons. The maximum Gasteiger partial charge on any atom is 0.328 e. The molecule has 1 heterocycles. The average molecular weight is 372 g/mol. The predicted molar refractivity (Wildman–Crippen MR) is 92.8 cm³/mol. The van der Waals surface area contributed by atoms with Crippen molar-refractivity contribution in [2.75, 3.05) is 0 Å². The van der Waals surface area contributed by atoms with Crippen molar-refractivity contribution in [3.63, 3.8) is 0 Å². The molecule has 8 heteroatoms. The first kappa shape index (κ1) is 18.4. The van der Waals surface area contributed by atoms with E-state index in [-0.39, 0.29) is 11.5 Å². The molecule has 1 atom stereocenters. The van der Waals surface area contributed by atoms with Gasteiger partial charge in [0.2, 0.25) is 0 Å². The molecule has 27 heavy (non-hydrogen) atoms. The predicted octanol–water partition coefficient (Wildman–Crippen LogP) is 2.55. The first-order valence-electron chi connectivity index (χ1n) is 8.11. The first-order valence-corrected chi connectivity index (χ1v) is 8.11. The van der Waals surface area contributed by atoms with E-state index in [0.717, 1.165) is 5.56 Å². The fraction of sp³-hybridized carbons (Fsp3) is 0.211. The normalized spacial score (nSPS) is 16.9. The lowest BCUT2D eigenvalue weighted by Gasteiger charge is -2.30. The van der Waals surface area contributed by atoms with E-state index in [2.05, 4.69) is 0 Å². The average Bonchev–Trinajstić information content (AvgIpc) is 2.62. The van der Waals surface area contributed by atoms with E-state index in [9.17, 15) is 18.8 Å². The number of benzene rings is 2. The lowest BCUT2D eigenvalue weighted by Crippen LogP contribution is -2.67. The highest BCUT2D eigenvalue weighted by molar-refractivity contribution is 6.21. The molecule has 0 aromatic heterocycles. The minimum Gasteiger partial charge on any atom is -0.468 e. The van der Waals surface area contributed by atoms with E-state index in [4.69, 9.17) is 9.47 Å². The Morgan fingerprint density at radius 2 is 1.41 bits per heavy atom.